The summed E-state index contributed by atoms with van der Waals surface area (Å²) in [5.41, 5.74) is -0.999. The monoisotopic (exact) mass is 495 g/mol. The van der Waals surface area contributed by atoms with Crippen molar-refractivity contribution in [2.75, 3.05) is 19.3 Å². The molecule has 0 aliphatic carbocycles. The van der Waals surface area contributed by atoms with Gasteiger partial charge in [-0.25, -0.2) is 0 Å². The number of carbonyl (C=O) groups excluding carboxylic acids is 1. The number of hydrogen-bond acceptors (Lipinski definition) is 4. The standard InChI is InChI=1S/C21H19F6NO4S/c1-12(20(22,23)24)31-18-8-7-16(33(2)30)9-17(18)19(29)28-10-15(11-28)32-14-5-3-13(4-6-14)21(25,26)27/h3-9,12,15H,10-11H2,1-2H3/t12-,33?/m1/s1. The van der Waals surface area contributed by atoms with E-state index in [4.69, 9.17) is 9.47 Å². The minimum absolute atomic E-state index is 0.0631. The molecule has 0 N–H and O–H groups in total. The highest BCUT2D eigenvalue weighted by Gasteiger charge is 2.40. The third-order valence-corrected chi connectivity index (χ3v) is 5.82. The van der Waals surface area contributed by atoms with Crippen molar-refractivity contribution >= 4 is 16.7 Å². The van der Waals surface area contributed by atoms with E-state index < -0.39 is 46.8 Å². The average Bonchev–Trinajstić information content (AvgIpc) is 2.69. The zero-order chi connectivity index (χ0) is 24.6. The lowest BCUT2D eigenvalue weighted by Crippen LogP contribution is -2.56. The quantitative estimate of drug-likeness (QED) is 0.547. The van der Waals surface area contributed by atoms with Crippen LogP contribution in [0.1, 0.15) is 22.8 Å². The van der Waals surface area contributed by atoms with E-state index in [0.717, 1.165) is 31.2 Å². The third-order valence-electron chi connectivity index (χ3n) is 4.90. The highest BCUT2D eigenvalue weighted by Crippen LogP contribution is 2.32. The minimum atomic E-state index is -4.65. The maximum Gasteiger partial charge on any atom is 0.425 e. The first-order valence-electron chi connectivity index (χ1n) is 9.59. The molecule has 2 aromatic rings. The van der Waals surface area contributed by atoms with Gasteiger partial charge in [0.2, 0.25) is 0 Å². The van der Waals surface area contributed by atoms with E-state index in [1.165, 1.54) is 29.4 Å². The number of alkyl halides is 6. The Morgan fingerprint density at radius 3 is 2.18 bits per heavy atom. The van der Waals surface area contributed by atoms with Gasteiger partial charge in [-0.3, -0.25) is 9.00 Å². The van der Waals surface area contributed by atoms with Crippen LogP contribution >= 0.6 is 0 Å². The molecule has 180 valence electrons. The van der Waals surface area contributed by atoms with Crippen molar-refractivity contribution in [2.45, 2.75) is 36.4 Å². The molecule has 1 fully saturated rings. The van der Waals surface area contributed by atoms with Crippen molar-refractivity contribution in [3.05, 3.63) is 53.6 Å². The lowest BCUT2D eigenvalue weighted by molar-refractivity contribution is -0.189. The SMILES string of the molecule is C[C@@H](Oc1ccc(S(C)=O)cc1C(=O)N1CC(Oc2ccc(C(F)(F)F)cc2)C1)C(F)(F)F. The van der Waals surface area contributed by atoms with Crippen molar-refractivity contribution in [2.24, 2.45) is 0 Å². The third kappa shape index (κ3) is 5.98. The van der Waals surface area contributed by atoms with Crippen LogP contribution in [0.3, 0.4) is 0 Å². The highest BCUT2D eigenvalue weighted by molar-refractivity contribution is 7.84. The second kappa shape index (κ2) is 9.24. The van der Waals surface area contributed by atoms with Gasteiger partial charge in [-0.05, 0) is 49.4 Å². The molecule has 33 heavy (non-hydrogen) atoms. The molecule has 1 aliphatic heterocycles. The Labute approximate surface area is 187 Å². The number of nitrogens with zero attached hydrogens (tertiary/aromatic N) is 1. The van der Waals surface area contributed by atoms with Gasteiger partial charge in [-0.1, -0.05) is 0 Å². The fourth-order valence-electron chi connectivity index (χ4n) is 2.98. The molecule has 12 heteroatoms. The molecule has 2 atom stereocenters. The Morgan fingerprint density at radius 1 is 1.06 bits per heavy atom. The molecule has 3 rings (SSSR count). The lowest BCUT2D eigenvalue weighted by Gasteiger charge is -2.39. The molecule has 1 heterocycles. The van der Waals surface area contributed by atoms with Crippen LogP contribution in [-0.4, -0.2) is 52.7 Å². The molecule has 0 aromatic heterocycles. The molecule has 0 spiro atoms. The second-order valence-corrected chi connectivity index (χ2v) is 8.77. The van der Waals surface area contributed by atoms with Gasteiger partial charge in [0.25, 0.3) is 5.91 Å². The Balaban J connectivity index is 1.69. The van der Waals surface area contributed by atoms with E-state index in [2.05, 4.69) is 0 Å². The summed E-state index contributed by atoms with van der Waals surface area (Å²) >= 11 is 0. The molecule has 1 saturated heterocycles. The zero-order valence-electron chi connectivity index (χ0n) is 17.4. The van der Waals surface area contributed by atoms with E-state index in [1.54, 1.807) is 0 Å². The van der Waals surface area contributed by atoms with Gasteiger partial charge in [0.15, 0.2) is 6.10 Å². The molecule has 0 radical (unpaired) electrons. The van der Waals surface area contributed by atoms with Crippen LogP contribution in [0.15, 0.2) is 47.4 Å². The van der Waals surface area contributed by atoms with Gasteiger partial charge < -0.3 is 14.4 Å². The number of amides is 1. The molecule has 1 unspecified atom stereocenters. The number of rotatable bonds is 6. The van der Waals surface area contributed by atoms with Crippen molar-refractivity contribution in [1.82, 2.24) is 4.90 Å². The normalized spacial score (nSPS) is 16.7. The van der Waals surface area contributed by atoms with Crippen LogP contribution in [0, 0.1) is 0 Å². The smallest absolute Gasteiger partial charge is 0.425 e. The van der Waals surface area contributed by atoms with Crippen molar-refractivity contribution in [1.29, 1.82) is 0 Å². The summed E-state index contributed by atoms with van der Waals surface area (Å²) in [7, 11) is -1.49. The van der Waals surface area contributed by atoms with Crippen molar-refractivity contribution in [3.8, 4) is 11.5 Å². The topological polar surface area (TPSA) is 55.8 Å². The number of likely N-dealkylation sites (tertiary alicyclic amines) is 1. The fraction of sp³-hybridized carbons (Fsp3) is 0.381. The van der Waals surface area contributed by atoms with Crippen LogP contribution < -0.4 is 9.47 Å². The summed E-state index contributed by atoms with van der Waals surface area (Å²) in [5, 5.41) is 0. The minimum Gasteiger partial charge on any atom is -0.487 e. The average molecular weight is 495 g/mol. The van der Waals surface area contributed by atoms with Gasteiger partial charge in [-0.15, -0.1) is 0 Å². The van der Waals surface area contributed by atoms with Crippen LogP contribution in [0.2, 0.25) is 0 Å². The summed E-state index contributed by atoms with van der Waals surface area (Å²) < 4.78 is 98.9. The van der Waals surface area contributed by atoms with Gasteiger partial charge in [-0.2, -0.15) is 26.3 Å². The first-order valence-corrected chi connectivity index (χ1v) is 11.2. The summed E-state index contributed by atoms with van der Waals surface area (Å²) in [6.07, 6.45) is -10.4. The summed E-state index contributed by atoms with van der Waals surface area (Å²) in [5.74, 6) is -0.753. The molecular weight excluding hydrogens is 476 g/mol. The predicted molar refractivity (Wildman–Crippen MR) is 107 cm³/mol. The van der Waals surface area contributed by atoms with Crippen LogP contribution in [0.4, 0.5) is 26.3 Å². The van der Waals surface area contributed by atoms with E-state index >= 15 is 0 Å². The van der Waals surface area contributed by atoms with E-state index in [-0.39, 0.29) is 35.0 Å². The first kappa shape index (κ1) is 24.9. The van der Waals surface area contributed by atoms with Crippen LogP contribution in [0.25, 0.3) is 0 Å². The van der Waals surface area contributed by atoms with Crippen molar-refractivity contribution < 1.29 is 44.8 Å². The predicted octanol–water partition coefficient (Wildman–Crippen LogP) is 4.68. The number of halogens is 6. The van der Waals surface area contributed by atoms with E-state index in [0.29, 0.717) is 0 Å². The fourth-order valence-corrected chi connectivity index (χ4v) is 3.52. The zero-order valence-corrected chi connectivity index (χ0v) is 18.2. The van der Waals surface area contributed by atoms with Gasteiger partial charge >= 0.3 is 12.4 Å². The molecular formula is C21H19F6NO4S. The number of carbonyl (C=O) groups is 1. The Morgan fingerprint density at radius 2 is 1.67 bits per heavy atom. The Kier molecular flexibility index (Phi) is 6.96. The van der Waals surface area contributed by atoms with E-state index in [1.807, 2.05) is 0 Å². The maximum atomic E-state index is 12.9. The number of hydrogen-bond donors (Lipinski definition) is 0. The lowest BCUT2D eigenvalue weighted by atomic mass is 10.1. The molecule has 0 saturated carbocycles. The molecule has 5 nitrogen and oxygen atoms in total. The molecule has 0 bridgehead atoms. The molecule has 1 amide bonds. The molecule has 2 aromatic carbocycles. The maximum absolute atomic E-state index is 12.9. The summed E-state index contributed by atoms with van der Waals surface area (Å²) in [4.78, 5) is 14.4. The van der Waals surface area contributed by atoms with Gasteiger partial charge in [0, 0.05) is 22.0 Å². The number of ether oxygens (including phenoxy) is 2. The first-order chi connectivity index (χ1) is 15.3. The second-order valence-electron chi connectivity index (χ2n) is 7.39. The summed E-state index contributed by atoms with van der Waals surface area (Å²) in [6, 6.07) is 7.79. The van der Waals surface area contributed by atoms with Gasteiger partial charge in [0.05, 0.1) is 24.2 Å². The van der Waals surface area contributed by atoms with Crippen LogP contribution in [0.5, 0.6) is 11.5 Å². The number of benzene rings is 2. The summed E-state index contributed by atoms with van der Waals surface area (Å²) in [6.45, 7) is 0.929. The van der Waals surface area contributed by atoms with Crippen LogP contribution in [-0.2, 0) is 17.0 Å². The van der Waals surface area contributed by atoms with Crippen molar-refractivity contribution in [3.63, 3.8) is 0 Å². The largest absolute Gasteiger partial charge is 0.487 e. The van der Waals surface area contributed by atoms with Gasteiger partial charge in [0.1, 0.15) is 17.6 Å². The Bertz CT molecular complexity index is 1030. The van der Waals surface area contributed by atoms with E-state index in [9.17, 15) is 35.3 Å². The Hall–Kier alpha value is -2.76. The highest BCUT2D eigenvalue weighted by atomic mass is 32.2. The molecule has 1 aliphatic rings.